The van der Waals surface area contributed by atoms with E-state index in [-0.39, 0.29) is 36.6 Å². The molecule has 0 spiro atoms. The normalized spacial score (nSPS) is 10.8. The Kier molecular flexibility index (Phi) is 10.0. The fourth-order valence-corrected chi connectivity index (χ4v) is 1.40. The number of carbonyl (C=O) groups excluding carboxylic acids is 1. The summed E-state index contributed by atoms with van der Waals surface area (Å²) >= 11 is 0. The molecule has 0 saturated heterocycles. The Balaban J connectivity index is 0. The van der Waals surface area contributed by atoms with Crippen LogP contribution in [0, 0.1) is 5.92 Å². The van der Waals surface area contributed by atoms with Crippen molar-refractivity contribution in [3.8, 4) is 0 Å². The topological polar surface area (TPSA) is 45.2 Å². The van der Waals surface area contributed by atoms with Gasteiger partial charge in [-0.05, 0) is 19.2 Å². The van der Waals surface area contributed by atoms with Gasteiger partial charge in [0.15, 0.2) is 0 Å². The molecule has 0 aliphatic heterocycles. The molecule has 1 aromatic heterocycles. The average Bonchev–Trinajstić information content (AvgIpc) is 2.28. The number of hydrogen-bond donors (Lipinski definition) is 1. The zero-order valence-electron chi connectivity index (χ0n) is 10.2. The molecule has 1 aromatic rings. The number of anilines is 1. The van der Waals surface area contributed by atoms with E-state index in [4.69, 9.17) is 0 Å². The lowest BCUT2D eigenvalue weighted by Crippen LogP contribution is -2.35. The van der Waals surface area contributed by atoms with E-state index in [0.29, 0.717) is 6.54 Å². The fraction of sp³-hybridized carbons (Fsp3) is 0.455. The van der Waals surface area contributed by atoms with Crippen LogP contribution in [0.4, 0.5) is 5.69 Å². The van der Waals surface area contributed by atoms with E-state index in [9.17, 15) is 4.79 Å². The summed E-state index contributed by atoms with van der Waals surface area (Å²) in [5.41, 5.74) is 0.824. The number of nitrogens with one attached hydrogen (secondary N) is 1. The number of amides is 1. The van der Waals surface area contributed by atoms with E-state index in [1.165, 1.54) is 0 Å². The van der Waals surface area contributed by atoms with Gasteiger partial charge in [0.05, 0.1) is 11.9 Å². The van der Waals surface area contributed by atoms with E-state index in [0.717, 1.165) is 5.69 Å². The first-order valence-electron chi connectivity index (χ1n) is 4.99. The third kappa shape index (κ3) is 5.35. The van der Waals surface area contributed by atoms with Gasteiger partial charge in [-0.15, -0.1) is 24.8 Å². The van der Waals surface area contributed by atoms with Gasteiger partial charge in [-0.25, -0.2) is 0 Å². The standard InChI is InChI=1S/C11H17N3O.2ClH/c1-9(7-12-2)11(15)14(3)10-5-4-6-13-8-10;;/h4-6,8-9,12H,7H2,1-3H3;2*1H. The van der Waals surface area contributed by atoms with Crippen molar-refractivity contribution in [1.82, 2.24) is 10.3 Å². The molecule has 98 valence electrons. The van der Waals surface area contributed by atoms with Crippen LogP contribution < -0.4 is 10.2 Å². The molecular formula is C11H19Cl2N3O. The summed E-state index contributed by atoms with van der Waals surface area (Å²) in [4.78, 5) is 17.5. The first-order valence-corrected chi connectivity index (χ1v) is 4.99. The van der Waals surface area contributed by atoms with E-state index in [1.807, 2.05) is 26.1 Å². The summed E-state index contributed by atoms with van der Waals surface area (Å²) in [5, 5.41) is 2.99. The predicted molar refractivity (Wildman–Crippen MR) is 75.2 cm³/mol. The molecule has 0 bridgehead atoms. The van der Waals surface area contributed by atoms with Crippen molar-refractivity contribution in [2.24, 2.45) is 5.92 Å². The molecular weight excluding hydrogens is 261 g/mol. The van der Waals surface area contributed by atoms with Crippen LogP contribution in [0.1, 0.15) is 6.92 Å². The smallest absolute Gasteiger partial charge is 0.230 e. The maximum Gasteiger partial charge on any atom is 0.230 e. The Morgan fingerprint density at radius 2 is 2.18 bits per heavy atom. The summed E-state index contributed by atoms with van der Waals surface area (Å²) in [7, 11) is 3.61. The first kappa shape index (κ1) is 18.5. The van der Waals surface area contributed by atoms with Crippen molar-refractivity contribution < 1.29 is 4.79 Å². The van der Waals surface area contributed by atoms with Gasteiger partial charge in [0, 0.05) is 25.7 Å². The molecule has 0 radical (unpaired) electrons. The Hall–Kier alpha value is -0.840. The largest absolute Gasteiger partial charge is 0.319 e. The van der Waals surface area contributed by atoms with Crippen molar-refractivity contribution in [2.45, 2.75) is 6.92 Å². The summed E-state index contributed by atoms with van der Waals surface area (Å²) in [6, 6.07) is 3.69. The van der Waals surface area contributed by atoms with Crippen molar-refractivity contribution in [1.29, 1.82) is 0 Å². The lowest BCUT2D eigenvalue weighted by atomic mass is 10.1. The van der Waals surface area contributed by atoms with E-state index >= 15 is 0 Å². The Morgan fingerprint density at radius 1 is 1.53 bits per heavy atom. The molecule has 0 saturated carbocycles. The molecule has 1 amide bonds. The molecule has 1 atom stereocenters. The summed E-state index contributed by atoms with van der Waals surface area (Å²) < 4.78 is 0. The minimum absolute atomic E-state index is 0. The number of carbonyl (C=O) groups is 1. The van der Waals surface area contributed by atoms with Gasteiger partial charge in [0.25, 0.3) is 0 Å². The molecule has 4 nitrogen and oxygen atoms in total. The van der Waals surface area contributed by atoms with Gasteiger partial charge in [0.1, 0.15) is 0 Å². The van der Waals surface area contributed by atoms with Gasteiger partial charge in [-0.1, -0.05) is 6.92 Å². The molecule has 0 fully saturated rings. The van der Waals surface area contributed by atoms with Crippen LogP contribution in [0.25, 0.3) is 0 Å². The highest BCUT2D eigenvalue weighted by Gasteiger charge is 2.17. The lowest BCUT2D eigenvalue weighted by Gasteiger charge is -2.20. The average molecular weight is 280 g/mol. The number of rotatable bonds is 4. The van der Waals surface area contributed by atoms with Crippen molar-refractivity contribution in [2.75, 3.05) is 25.5 Å². The second-order valence-corrected chi connectivity index (χ2v) is 3.57. The molecule has 1 rings (SSSR count). The Labute approximate surface area is 115 Å². The van der Waals surface area contributed by atoms with E-state index < -0.39 is 0 Å². The number of halogens is 2. The van der Waals surface area contributed by atoms with Gasteiger partial charge in [0.2, 0.25) is 5.91 Å². The van der Waals surface area contributed by atoms with E-state index in [1.54, 1.807) is 24.3 Å². The third-order valence-corrected chi connectivity index (χ3v) is 2.30. The molecule has 1 heterocycles. The number of nitrogens with zero attached hydrogens (tertiary/aromatic N) is 2. The SMILES string of the molecule is CNCC(C)C(=O)N(C)c1cccnc1.Cl.Cl. The summed E-state index contributed by atoms with van der Waals surface area (Å²) in [6.07, 6.45) is 3.38. The van der Waals surface area contributed by atoms with Crippen LogP contribution in [-0.4, -0.2) is 31.5 Å². The quantitative estimate of drug-likeness (QED) is 0.913. The number of hydrogen-bond acceptors (Lipinski definition) is 3. The zero-order chi connectivity index (χ0) is 11.3. The summed E-state index contributed by atoms with van der Waals surface area (Å²) in [6.45, 7) is 2.59. The van der Waals surface area contributed by atoms with Gasteiger partial charge >= 0.3 is 0 Å². The van der Waals surface area contributed by atoms with Crippen LogP contribution in [0.3, 0.4) is 0 Å². The highest BCUT2D eigenvalue weighted by Crippen LogP contribution is 2.12. The van der Waals surface area contributed by atoms with Crippen LogP contribution in [-0.2, 0) is 4.79 Å². The molecule has 0 aliphatic rings. The fourth-order valence-electron chi connectivity index (χ4n) is 1.40. The van der Waals surface area contributed by atoms with Gasteiger partial charge < -0.3 is 10.2 Å². The first-order chi connectivity index (χ1) is 7.16. The Bertz CT molecular complexity index is 322. The molecule has 17 heavy (non-hydrogen) atoms. The van der Waals surface area contributed by atoms with Gasteiger partial charge in [-0.2, -0.15) is 0 Å². The second-order valence-electron chi connectivity index (χ2n) is 3.57. The number of aromatic nitrogens is 1. The van der Waals surface area contributed by atoms with Crippen molar-refractivity contribution in [3.05, 3.63) is 24.5 Å². The van der Waals surface area contributed by atoms with Gasteiger partial charge in [-0.3, -0.25) is 9.78 Å². The predicted octanol–water partition coefficient (Wildman–Crippen LogP) is 1.74. The molecule has 0 aromatic carbocycles. The summed E-state index contributed by atoms with van der Waals surface area (Å²) in [5.74, 6) is 0.0672. The third-order valence-electron chi connectivity index (χ3n) is 2.30. The second kappa shape index (κ2) is 9.22. The lowest BCUT2D eigenvalue weighted by molar-refractivity contribution is -0.121. The highest BCUT2D eigenvalue weighted by atomic mass is 35.5. The highest BCUT2D eigenvalue weighted by molar-refractivity contribution is 5.94. The number of pyridine rings is 1. The maximum absolute atomic E-state index is 11.9. The van der Waals surface area contributed by atoms with Crippen LogP contribution in [0.2, 0.25) is 0 Å². The minimum Gasteiger partial charge on any atom is -0.319 e. The monoisotopic (exact) mass is 279 g/mol. The zero-order valence-corrected chi connectivity index (χ0v) is 11.8. The van der Waals surface area contributed by atoms with Crippen molar-refractivity contribution in [3.63, 3.8) is 0 Å². The Morgan fingerprint density at radius 3 is 2.65 bits per heavy atom. The molecule has 0 aliphatic carbocycles. The van der Waals surface area contributed by atoms with Crippen LogP contribution in [0.15, 0.2) is 24.5 Å². The molecule has 1 N–H and O–H groups in total. The molecule has 6 heteroatoms. The maximum atomic E-state index is 11.9. The van der Waals surface area contributed by atoms with Crippen LogP contribution >= 0.6 is 24.8 Å². The van der Waals surface area contributed by atoms with Crippen molar-refractivity contribution >= 4 is 36.4 Å². The van der Waals surface area contributed by atoms with Crippen LogP contribution in [0.5, 0.6) is 0 Å². The minimum atomic E-state index is -0.0276. The van der Waals surface area contributed by atoms with E-state index in [2.05, 4.69) is 10.3 Å². The molecule has 1 unspecified atom stereocenters.